The summed E-state index contributed by atoms with van der Waals surface area (Å²) < 4.78 is 0. The third-order valence-corrected chi connectivity index (χ3v) is 3.80. The summed E-state index contributed by atoms with van der Waals surface area (Å²) in [6, 6.07) is 14.3. The summed E-state index contributed by atoms with van der Waals surface area (Å²) in [6.07, 6.45) is 0. The number of benzene rings is 2. The highest BCUT2D eigenvalue weighted by Gasteiger charge is 2.09. The van der Waals surface area contributed by atoms with Crippen molar-refractivity contribution >= 4 is 34.8 Å². The monoisotopic (exact) mass is 300 g/mol. The molecular weight excluding hydrogens is 284 g/mol. The maximum Gasteiger partial charge on any atom is 0.234 e. The highest BCUT2D eigenvalue weighted by atomic mass is 32.2. The van der Waals surface area contributed by atoms with Gasteiger partial charge in [0.05, 0.1) is 11.4 Å². The molecule has 1 amide bonds. The quantitative estimate of drug-likeness (QED) is 0.505. The molecule has 2 rings (SSSR count). The Hall–Kier alpha value is -2.27. The second kappa shape index (κ2) is 6.95. The van der Waals surface area contributed by atoms with Crippen LogP contribution in [0.5, 0.6) is 0 Å². The fourth-order valence-electron chi connectivity index (χ4n) is 1.84. The molecule has 3 N–H and O–H groups in total. The smallest absolute Gasteiger partial charge is 0.234 e. The normalized spacial score (nSPS) is 10.1. The number of carbonyl (C=O) groups is 2. The van der Waals surface area contributed by atoms with Crippen molar-refractivity contribution in [1.29, 1.82) is 0 Å². The molecule has 0 saturated carbocycles. The fourth-order valence-corrected chi connectivity index (χ4v) is 2.60. The Morgan fingerprint density at radius 2 is 1.90 bits per heavy atom. The molecule has 0 spiro atoms. The molecule has 0 unspecified atom stereocenters. The molecule has 0 aliphatic carbocycles. The van der Waals surface area contributed by atoms with E-state index in [0.717, 1.165) is 4.90 Å². The van der Waals surface area contributed by atoms with Crippen molar-refractivity contribution in [2.24, 2.45) is 0 Å². The average Bonchev–Trinajstić information content (AvgIpc) is 2.45. The summed E-state index contributed by atoms with van der Waals surface area (Å²) in [5, 5.41) is 2.76. The van der Waals surface area contributed by atoms with Gasteiger partial charge >= 0.3 is 0 Å². The summed E-state index contributed by atoms with van der Waals surface area (Å²) >= 11 is 1.40. The number of para-hydroxylation sites is 1. The third kappa shape index (κ3) is 4.36. The van der Waals surface area contributed by atoms with E-state index in [-0.39, 0.29) is 17.4 Å². The molecule has 0 aliphatic heterocycles. The van der Waals surface area contributed by atoms with Crippen molar-refractivity contribution in [2.45, 2.75) is 11.8 Å². The van der Waals surface area contributed by atoms with Crippen LogP contribution in [0, 0.1) is 0 Å². The Morgan fingerprint density at radius 3 is 2.62 bits per heavy atom. The predicted octanol–water partition coefficient (Wildman–Crippen LogP) is 3.20. The van der Waals surface area contributed by atoms with Crippen molar-refractivity contribution < 1.29 is 9.59 Å². The molecule has 108 valence electrons. The Morgan fingerprint density at radius 1 is 1.14 bits per heavy atom. The molecule has 0 aliphatic rings. The van der Waals surface area contributed by atoms with Gasteiger partial charge in [0, 0.05) is 16.1 Å². The molecule has 0 heterocycles. The molecule has 0 aromatic heterocycles. The number of anilines is 2. The number of nitrogens with two attached hydrogens (primary N) is 1. The topological polar surface area (TPSA) is 72.2 Å². The van der Waals surface area contributed by atoms with Crippen LogP contribution in [0.3, 0.4) is 0 Å². The second-order valence-electron chi connectivity index (χ2n) is 4.51. The van der Waals surface area contributed by atoms with E-state index in [0.29, 0.717) is 16.9 Å². The molecule has 0 fully saturated rings. The number of amides is 1. The van der Waals surface area contributed by atoms with Crippen molar-refractivity contribution in [3.05, 3.63) is 54.1 Å². The van der Waals surface area contributed by atoms with Crippen LogP contribution in [-0.2, 0) is 4.79 Å². The van der Waals surface area contributed by atoms with Gasteiger partial charge < -0.3 is 11.1 Å². The molecule has 0 bridgehead atoms. The largest absolute Gasteiger partial charge is 0.399 e. The molecule has 2 aromatic carbocycles. The maximum absolute atomic E-state index is 12.0. The number of hydrogen-bond acceptors (Lipinski definition) is 4. The van der Waals surface area contributed by atoms with E-state index in [9.17, 15) is 9.59 Å². The van der Waals surface area contributed by atoms with Crippen LogP contribution in [-0.4, -0.2) is 17.4 Å². The van der Waals surface area contributed by atoms with Crippen molar-refractivity contribution in [3.8, 4) is 0 Å². The lowest BCUT2D eigenvalue weighted by Gasteiger charge is -2.09. The molecule has 0 radical (unpaired) electrons. The van der Waals surface area contributed by atoms with Gasteiger partial charge in [0.2, 0.25) is 5.91 Å². The zero-order valence-electron chi connectivity index (χ0n) is 11.6. The Bertz CT molecular complexity index is 671. The van der Waals surface area contributed by atoms with Crippen LogP contribution in [0.15, 0.2) is 53.4 Å². The van der Waals surface area contributed by atoms with Crippen molar-refractivity contribution in [2.75, 3.05) is 16.8 Å². The first-order valence-electron chi connectivity index (χ1n) is 6.44. The first kappa shape index (κ1) is 15.1. The van der Waals surface area contributed by atoms with Crippen molar-refractivity contribution in [3.63, 3.8) is 0 Å². The van der Waals surface area contributed by atoms with Crippen LogP contribution in [0.4, 0.5) is 11.4 Å². The summed E-state index contributed by atoms with van der Waals surface area (Å²) in [5.74, 6) is 0.0286. The minimum Gasteiger partial charge on any atom is -0.399 e. The first-order chi connectivity index (χ1) is 10.1. The highest BCUT2D eigenvalue weighted by molar-refractivity contribution is 8.00. The van der Waals surface area contributed by atoms with Gasteiger partial charge in [0.1, 0.15) is 0 Å². The third-order valence-electron chi connectivity index (χ3n) is 2.81. The summed E-state index contributed by atoms with van der Waals surface area (Å²) in [6.45, 7) is 1.48. The van der Waals surface area contributed by atoms with E-state index in [1.807, 2.05) is 18.2 Å². The second-order valence-corrected chi connectivity index (χ2v) is 5.56. The standard InChI is InChI=1S/C16H16N2O2S/c1-11(19)14-7-2-3-8-15(14)18-16(20)10-21-13-6-4-5-12(17)9-13/h2-9H,10,17H2,1H3,(H,18,20). The van der Waals surface area contributed by atoms with Crippen LogP contribution in [0.1, 0.15) is 17.3 Å². The number of nitrogens with one attached hydrogen (secondary N) is 1. The summed E-state index contributed by atoms with van der Waals surface area (Å²) in [7, 11) is 0. The van der Waals surface area contributed by atoms with E-state index >= 15 is 0 Å². The molecule has 4 nitrogen and oxygen atoms in total. The molecular formula is C16H16N2O2S. The fraction of sp³-hybridized carbons (Fsp3) is 0.125. The maximum atomic E-state index is 12.0. The lowest BCUT2D eigenvalue weighted by molar-refractivity contribution is -0.113. The number of hydrogen-bond donors (Lipinski definition) is 2. The Balaban J connectivity index is 1.98. The zero-order valence-corrected chi connectivity index (χ0v) is 12.4. The van der Waals surface area contributed by atoms with Gasteiger partial charge in [-0.2, -0.15) is 0 Å². The Labute approximate surface area is 127 Å². The number of carbonyl (C=O) groups excluding carboxylic acids is 2. The molecule has 0 saturated heterocycles. The number of thioether (sulfide) groups is 1. The van der Waals surface area contributed by atoms with Crippen LogP contribution >= 0.6 is 11.8 Å². The first-order valence-corrected chi connectivity index (χ1v) is 7.43. The summed E-state index contributed by atoms with van der Waals surface area (Å²) in [4.78, 5) is 24.4. The van der Waals surface area contributed by atoms with E-state index in [1.54, 1.807) is 30.3 Å². The van der Waals surface area contributed by atoms with E-state index in [4.69, 9.17) is 5.73 Å². The minimum absolute atomic E-state index is 0.0746. The molecule has 21 heavy (non-hydrogen) atoms. The molecule has 2 aromatic rings. The molecule has 0 atom stereocenters. The predicted molar refractivity (Wildman–Crippen MR) is 86.7 cm³/mol. The number of nitrogen functional groups attached to an aromatic ring is 1. The number of Topliss-reactive ketones (excluding diaryl/α,β-unsaturated/α-hetero) is 1. The van der Waals surface area contributed by atoms with Gasteiger partial charge in [0.15, 0.2) is 5.78 Å². The van der Waals surface area contributed by atoms with Crippen LogP contribution < -0.4 is 11.1 Å². The summed E-state index contributed by atoms with van der Waals surface area (Å²) in [5.41, 5.74) is 7.42. The van der Waals surface area contributed by atoms with Crippen molar-refractivity contribution in [1.82, 2.24) is 0 Å². The minimum atomic E-state index is -0.156. The van der Waals surface area contributed by atoms with E-state index in [1.165, 1.54) is 18.7 Å². The SMILES string of the molecule is CC(=O)c1ccccc1NC(=O)CSc1cccc(N)c1. The average molecular weight is 300 g/mol. The van der Waals surface area contributed by atoms with Crippen LogP contribution in [0.25, 0.3) is 0 Å². The number of ketones is 1. The van der Waals surface area contributed by atoms with Gasteiger partial charge in [0.25, 0.3) is 0 Å². The van der Waals surface area contributed by atoms with Gasteiger partial charge in [-0.05, 0) is 37.3 Å². The lowest BCUT2D eigenvalue weighted by atomic mass is 10.1. The number of rotatable bonds is 5. The zero-order chi connectivity index (χ0) is 15.2. The van der Waals surface area contributed by atoms with E-state index in [2.05, 4.69) is 5.32 Å². The Kier molecular flexibility index (Phi) is 5.00. The lowest BCUT2D eigenvalue weighted by Crippen LogP contribution is -2.16. The van der Waals surface area contributed by atoms with Crippen LogP contribution in [0.2, 0.25) is 0 Å². The van der Waals surface area contributed by atoms with Gasteiger partial charge in [-0.25, -0.2) is 0 Å². The van der Waals surface area contributed by atoms with Gasteiger partial charge in [-0.3, -0.25) is 9.59 Å². The molecule has 5 heteroatoms. The van der Waals surface area contributed by atoms with Gasteiger partial charge in [-0.15, -0.1) is 11.8 Å². The van der Waals surface area contributed by atoms with E-state index < -0.39 is 0 Å². The highest BCUT2D eigenvalue weighted by Crippen LogP contribution is 2.21. The van der Waals surface area contributed by atoms with Gasteiger partial charge in [-0.1, -0.05) is 18.2 Å².